The average Bonchev–Trinajstić information content (AvgIpc) is 3.64. The molecule has 0 aliphatic carbocycles. The third-order valence-electron chi connectivity index (χ3n) is 8.22. The Morgan fingerprint density at radius 3 is 2.71 bits per heavy atom. The van der Waals surface area contributed by atoms with E-state index in [4.69, 9.17) is 20.8 Å². The maximum atomic E-state index is 12.5. The lowest BCUT2D eigenvalue weighted by molar-refractivity contribution is -0.114. The minimum atomic E-state index is 0.0866. The van der Waals surface area contributed by atoms with Crippen LogP contribution in [0.3, 0.4) is 0 Å². The molecule has 1 fully saturated rings. The number of hydrogen-bond donors (Lipinski definition) is 2. The van der Waals surface area contributed by atoms with Gasteiger partial charge in [0.05, 0.1) is 17.4 Å². The van der Waals surface area contributed by atoms with E-state index >= 15 is 0 Å². The Bertz CT molecular complexity index is 1830. The molecule has 3 N–H and O–H groups in total. The zero-order chi connectivity index (χ0) is 31.5. The first kappa shape index (κ1) is 30.4. The molecule has 1 aliphatic rings. The maximum absolute atomic E-state index is 12.5. The number of para-hydroxylation sites is 1. The smallest absolute Gasteiger partial charge is 0.230 e. The molecule has 0 unspecified atom stereocenters. The molecule has 1 aliphatic heterocycles. The summed E-state index contributed by atoms with van der Waals surface area (Å²) in [6.45, 7) is 7.23. The molecule has 0 amide bonds. The summed E-state index contributed by atoms with van der Waals surface area (Å²) in [6.07, 6.45) is 9.68. The summed E-state index contributed by atoms with van der Waals surface area (Å²) in [5.41, 5.74) is 11.9. The normalized spacial score (nSPS) is 14.5. The summed E-state index contributed by atoms with van der Waals surface area (Å²) in [5, 5.41) is 14.1. The fraction of sp³-hybridized carbons (Fsp3) is 0.382. The second-order valence-corrected chi connectivity index (χ2v) is 12.4. The van der Waals surface area contributed by atoms with Crippen molar-refractivity contribution in [2.24, 2.45) is 5.73 Å². The highest BCUT2D eigenvalue weighted by Gasteiger charge is 2.22. The third kappa shape index (κ3) is 6.89. The number of anilines is 2. The van der Waals surface area contributed by atoms with Gasteiger partial charge in [-0.25, -0.2) is 4.68 Å². The predicted molar refractivity (Wildman–Crippen MR) is 179 cm³/mol. The number of fused-ring (bicyclic) bond motifs is 2. The number of carbonyl (C=O) groups excluding carboxylic acids is 1. The van der Waals surface area contributed by atoms with E-state index in [2.05, 4.69) is 41.3 Å². The number of nitrogens with two attached hydrogens (primary N) is 1. The largest absolute Gasteiger partial charge is 0.350 e. The highest BCUT2D eigenvalue weighted by atomic mass is 16.1. The molecule has 234 valence electrons. The lowest BCUT2D eigenvalue weighted by Crippen LogP contribution is -2.40. The minimum Gasteiger partial charge on any atom is -0.350 e. The van der Waals surface area contributed by atoms with Crippen molar-refractivity contribution in [1.29, 1.82) is 0 Å². The van der Waals surface area contributed by atoms with Gasteiger partial charge in [-0.2, -0.15) is 24.7 Å². The van der Waals surface area contributed by atoms with Crippen molar-refractivity contribution in [3.05, 3.63) is 83.7 Å². The fourth-order valence-corrected chi connectivity index (χ4v) is 5.67. The van der Waals surface area contributed by atoms with E-state index in [0.717, 1.165) is 71.4 Å². The van der Waals surface area contributed by atoms with Crippen molar-refractivity contribution >= 4 is 34.2 Å². The van der Waals surface area contributed by atoms with Gasteiger partial charge in [0.25, 0.3) is 0 Å². The Morgan fingerprint density at radius 2 is 1.93 bits per heavy atom. The highest BCUT2D eigenvalue weighted by Crippen LogP contribution is 2.26. The summed E-state index contributed by atoms with van der Waals surface area (Å²) < 4.78 is 3.71. The number of nitrogens with zero attached hydrogens (tertiary/aromatic N) is 8. The number of likely N-dealkylation sites (N-methyl/N-ethyl adjacent to an activating group) is 1. The van der Waals surface area contributed by atoms with Gasteiger partial charge in [0.1, 0.15) is 0 Å². The van der Waals surface area contributed by atoms with Gasteiger partial charge < -0.3 is 20.9 Å². The summed E-state index contributed by atoms with van der Waals surface area (Å²) in [6, 6.07) is 14.4. The van der Waals surface area contributed by atoms with Crippen molar-refractivity contribution in [2.75, 3.05) is 43.9 Å². The molecule has 0 atom stereocenters. The molecule has 3 aromatic heterocycles. The Labute approximate surface area is 263 Å². The molecule has 1 saturated heterocycles. The maximum Gasteiger partial charge on any atom is 0.230 e. The summed E-state index contributed by atoms with van der Waals surface area (Å²) in [7, 11) is 3.96. The molecule has 0 spiro atoms. The molecule has 0 saturated carbocycles. The van der Waals surface area contributed by atoms with Crippen LogP contribution in [0.2, 0.25) is 0 Å². The minimum absolute atomic E-state index is 0.0866. The van der Waals surface area contributed by atoms with Gasteiger partial charge in [-0.15, -0.1) is 0 Å². The van der Waals surface area contributed by atoms with Gasteiger partial charge in [-0.05, 0) is 68.3 Å². The quantitative estimate of drug-likeness (QED) is 0.211. The number of aromatic nitrogens is 6. The van der Waals surface area contributed by atoms with Gasteiger partial charge in [0.2, 0.25) is 11.9 Å². The van der Waals surface area contributed by atoms with Crippen LogP contribution in [0.5, 0.6) is 0 Å². The number of benzene rings is 2. The van der Waals surface area contributed by atoms with Crippen LogP contribution in [0.1, 0.15) is 49.3 Å². The van der Waals surface area contributed by atoms with Gasteiger partial charge in [-0.1, -0.05) is 44.2 Å². The van der Waals surface area contributed by atoms with Crippen LogP contribution in [0, 0.1) is 0 Å². The van der Waals surface area contributed by atoms with E-state index in [0.29, 0.717) is 24.9 Å². The first-order valence-electron chi connectivity index (χ1n) is 15.7. The highest BCUT2D eigenvalue weighted by molar-refractivity contribution is 5.92. The van der Waals surface area contributed by atoms with Gasteiger partial charge >= 0.3 is 0 Å². The molecule has 2 aromatic carbocycles. The van der Waals surface area contributed by atoms with Crippen molar-refractivity contribution in [3.8, 4) is 5.69 Å². The number of hydrogen-bond acceptors (Lipinski definition) is 9. The van der Waals surface area contributed by atoms with E-state index in [1.54, 1.807) is 10.6 Å². The van der Waals surface area contributed by atoms with Crippen LogP contribution >= 0.6 is 0 Å². The van der Waals surface area contributed by atoms with Crippen molar-refractivity contribution in [3.63, 3.8) is 0 Å². The number of piperidine rings is 1. The molecule has 4 heterocycles. The molecule has 0 bridgehead atoms. The lowest BCUT2D eigenvalue weighted by Gasteiger charge is -2.30. The first-order valence-corrected chi connectivity index (χ1v) is 15.7. The molecule has 11 heteroatoms. The molecule has 45 heavy (non-hydrogen) atoms. The zero-order valence-corrected chi connectivity index (χ0v) is 26.5. The Balaban J connectivity index is 1.25. The number of carbonyl (C=O) groups is 1. The first-order chi connectivity index (χ1) is 21.7. The van der Waals surface area contributed by atoms with Gasteiger partial charge in [0, 0.05) is 55.8 Å². The number of rotatable bonds is 11. The van der Waals surface area contributed by atoms with Crippen LogP contribution in [-0.2, 0) is 17.8 Å². The van der Waals surface area contributed by atoms with E-state index in [1.807, 2.05) is 72.5 Å². The van der Waals surface area contributed by atoms with Crippen LogP contribution in [0.25, 0.3) is 22.2 Å². The molecule has 6 rings (SSSR count). The third-order valence-corrected chi connectivity index (χ3v) is 8.22. The van der Waals surface area contributed by atoms with Crippen LogP contribution < -0.4 is 16.0 Å². The number of nitrogens with one attached hydrogen (secondary N) is 1. The molecular weight excluding hydrogens is 564 g/mol. The fourth-order valence-electron chi connectivity index (χ4n) is 5.67. The monoisotopic (exact) mass is 606 g/mol. The number of allylic oxidation sites excluding steroid dienone is 1. The zero-order valence-electron chi connectivity index (χ0n) is 26.5. The van der Waals surface area contributed by atoms with E-state index in [-0.39, 0.29) is 17.7 Å². The van der Waals surface area contributed by atoms with Gasteiger partial charge in [-0.3, -0.25) is 4.79 Å². The molecule has 0 radical (unpaired) electrons. The Morgan fingerprint density at radius 1 is 1.13 bits per heavy atom. The van der Waals surface area contributed by atoms with Gasteiger partial charge in [0.15, 0.2) is 11.4 Å². The Hall–Kier alpha value is -4.61. The summed E-state index contributed by atoms with van der Waals surface area (Å²) in [4.78, 5) is 26.6. The second-order valence-electron chi connectivity index (χ2n) is 12.4. The lowest BCUT2D eigenvalue weighted by atomic mass is 10.1. The second kappa shape index (κ2) is 13.2. The van der Waals surface area contributed by atoms with Crippen molar-refractivity contribution in [2.45, 2.75) is 51.6 Å². The van der Waals surface area contributed by atoms with Crippen molar-refractivity contribution in [1.82, 2.24) is 34.3 Å². The Kier molecular flexibility index (Phi) is 8.90. The predicted octanol–water partition coefficient (Wildman–Crippen LogP) is 4.36. The SMILES string of the molecule is CC(C)c1cnn2c(NCc3ccccc3-n3cc4cc(CC(=O)/C=C/CN(C)C)ccc4n3)nc(N3CCC(N)CC3)nc12. The van der Waals surface area contributed by atoms with E-state index in [9.17, 15) is 4.79 Å². The van der Waals surface area contributed by atoms with E-state index in [1.165, 1.54) is 0 Å². The van der Waals surface area contributed by atoms with E-state index < -0.39 is 0 Å². The molecular formula is C34H42N10O. The topological polar surface area (TPSA) is 122 Å². The molecule has 5 aromatic rings. The van der Waals surface area contributed by atoms with Crippen LogP contribution in [-0.4, -0.2) is 79.8 Å². The summed E-state index contributed by atoms with van der Waals surface area (Å²) >= 11 is 0. The molecule has 11 nitrogen and oxygen atoms in total. The summed E-state index contributed by atoms with van der Waals surface area (Å²) in [5.74, 6) is 1.71. The standard InChI is InChI=1S/C34H42N10O/c1-23(2)29-21-37-44-32(29)38-34(42-16-13-27(35)14-17-42)39-33(44)36-20-25-8-5-6-10-31(25)43-22-26-18-24(11-12-30(26)40-43)19-28(45)9-7-15-41(3)4/h5-12,18,21-23,27H,13-17,19-20,35H2,1-4H3,(H,36,38,39)/b9-7+. The van der Waals surface area contributed by atoms with Crippen LogP contribution in [0.15, 0.2) is 67.0 Å². The van der Waals surface area contributed by atoms with Crippen LogP contribution in [0.4, 0.5) is 11.9 Å². The average molecular weight is 607 g/mol. The van der Waals surface area contributed by atoms with Crippen molar-refractivity contribution < 1.29 is 4.79 Å². The number of ketones is 1.